The van der Waals surface area contributed by atoms with Gasteiger partial charge in [-0.2, -0.15) is 0 Å². The molecule has 0 spiro atoms. The third-order valence-electron chi connectivity index (χ3n) is 6.40. The molecule has 3 nitrogen and oxygen atoms in total. The number of benzene rings is 3. The Morgan fingerprint density at radius 3 is 2.73 bits per heavy atom. The summed E-state index contributed by atoms with van der Waals surface area (Å²) < 4.78 is 6.29. The van der Waals surface area contributed by atoms with Gasteiger partial charge in [0.15, 0.2) is 0 Å². The number of furan rings is 1. The number of allylic oxidation sites excluding steroid dienone is 2. The van der Waals surface area contributed by atoms with Crippen LogP contribution in [0.2, 0.25) is 0 Å². The lowest BCUT2D eigenvalue weighted by molar-refractivity contribution is 0.672. The molecule has 0 fully saturated rings. The van der Waals surface area contributed by atoms with Crippen molar-refractivity contribution < 1.29 is 4.42 Å². The van der Waals surface area contributed by atoms with Gasteiger partial charge in [-0.1, -0.05) is 48.6 Å². The van der Waals surface area contributed by atoms with Crippen LogP contribution >= 0.6 is 0 Å². The lowest BCUT2D eigenvalue weighted by Crippen LogP contribution is -2.18. The lowest BCUT2D eigenvalue weighted by Gasteiger charge is -2.19. The number of aromatic nitrogens is 1. The first kappa shape index (κ1) is 16.0. The first-order chi connectivity index (χ1) is 14.8. The SMILES string of the molecule is C1=CC2Nc3cc4ccc5c6ccccc6oc5c4cc3C2C=C1c1ccccn1. The number of nitrogens with one attached hydrogen (secondary N) is 1. The molecule has 0 bridgehead atoms. The number of rotatable bonds is 1. The predicted octanol–water partition coefficient (Wildman–Crippen LogP) is 6.67. The first-order valence-electron chi connectivity index (χ1n) is 10.3. The van der Waals surface area contributed by atoms with E-state index in [0.717, 1.165) is 16.9 Å². The van der Waals surface area contributed by atoms with E-state index in [1.807, 2.05) is 30.5 Å². The quantitative estimate of drug-likeness (QED) is 0.350. The summed E-state index contributed by atoms with van der Waals surface area (Å²) in [5, 5.41) is 8.41. The van der Waals surface area contributed by atoms with Gasteiger partial charge in [0.25, 0.3) is 0 Å². The van der Waals surface area contributed by atoms with E-state index < -0.39 is 0 Å². The molecule has 3 heteroatoms. The van der Waals surface area contributed by atoms with E-state index >= 15 is 0 Å². The van der Waals surface area contributed by atoms with Gasteiger partial charge < -0.3 is 9.73 Å². The number of hydrogen-bond donors (Lipinski definition) is 1. The van der Waals surface area contributed by atoms with Crippen molar-refractivity contribution in [1.29, 1.82) is 0 Å². The zero-order valence-electron chi connectivity index (χ0n) is 16.2. The van der Waals surface area contributed by atoms with Gasteiger partial charge in [0, 0.05) is 34.0 Å². The van der Waals surface area contributed by atoms with E-state index in [2.05, 4.69) is 71.0 Å². The van der Waals surface area contributed by atoms with Gasteiger partial charge in [0.2, 0.25) is 0 Å². The first-order valence-corrected chi connectivity index (χ1v) is 10.3. The summed E-state index contributed by atoms with van der Waals surface area (Å²) in [7, 11) is 0. The Kier molecular flexibility index (Phi) is 3.11. The summed E-state index contributed by atoms with van der Waals surface area (Å²) in [6.45, 7) is 0. The molecule has 0 radical (unpaired) electrons. The highest BCUT2D eigenvalue weighted by Crippen LogP contribution is 2.45. The highest BCUT2D eigenvalue weighted by molar-refractivity contribution is 6.15. The van der Waals surface area contributed by atoms with Crippen LogP contribution in [0.1, 0.15) is 17.2 Å². The number of pyridine rings is 1. The fraction of sp³-hybridized carbons (Fsp3) is 0.0741. The van der Waals surface area contributed by atoms with E-state index in [4.69, 9.17) is 4.42 Å². The summed E-state index contributed by atoms with van der Waals surface area (Å²) in [5.41, 5.74) is 6.62. The zero-order valence-corrected chi connectivity index (χ0v) is 16.2. The normalized spacial score (nSPS) is 19.7. The van der Waals surface area contributed by atoms with E-state index in [0.29, 0.717) is 0 Å². The molecule has 5 aromatic rings. The van der Waals surface area contributed by atoms with Crippen molar-refractivity contribution in [3.05, 3.63) is 102 Å². The van der Waals surface area contributed by atoms with Gasteiger partial charge in [-0.05, 0) is 52.9 Å². The van der Waals surface area contributed by atoms with Crippen molar-refractivity contribution >= 4 is 44.0 Å². The van der Waals surface area contributed by atoms with Crippen LogP contribution in [0.15, 0.2) is 95.6 Å². The van der Waals surface area contributed by atoms with Crippen LogP contribution in [0.5, 0.6) is 0 Å². The second kappa shape index (κ2) is 5.83. The van der Waals surface area contributed by atoms with Crippen LogP contribution in [0.25, 0.3) is 38.3 Å². The molecular weight excluding hydrogens is 368 g/mol. The summed E-state index contributed by atoms with van der Waals surface area (Å²) >= 11 is 0. The van der Waals surface area contributed by atoms with Crippen molar-refractivity contribution in [2.24, 2.45) is 0 Å². The van der Waals surface area contributed by atoms with E-state index in [9.17, 15) is 0 Å². The number of hydrogen-bond acceptors (Lipinski definition) is 3. The Bertz CT molecular complexity index is 1520. The van der Waals surface area contributed by atoms with Crippen LogP contribution in [-0.2, 0) is 0 Å². The van der Waals surface area contributed by atoms with Crippen molar-refractivity contribution in [3.63, 3.8) is 0 Å². The van der Waals surface area contributed by atoms with Crippen molar-refractivity contribution in [1.82, 2.24) is 4.98 Å². The second-order valence-corrected chi connectivity index (χ2v) is 8.09. The van der Waals surface area contributed by atoms with Crippen molar-refractivity contribution in [2.45, 2.75) is 12.0 Å². The van der Waals surface area contributed by atoms with Gasteiger partial charge >= 0.3 is 0 Å². The van der Waals surface area contributed by atoms with E-state index in [1.54, 1.807) is 0 Å². The Hall–Kier alpha value is -3.85. The van der Waals surface area contributed by atoms with Gasteiger partial charge in [-0.15, -0.1) is 0 Å². The number of para-hydroxylation sites is 1. The lowest BCUT2D eigenvalue weighted by atomic mass is 9.87. The van der Waals surface area contributed by atoms with E-state index in [-0.39, 0.29) is 12.0 Å². The second-order valence-electron chi connectivity index (χ2n) is 8.09. The fourth-order valence-electron chi connectivity index (χ4n) is 4.96. The Labute approximate surface area is 173 Å². The molecule has 1 N–H and O–H groups in total. The largest absolute Gasteiger partial charge is 0.455 e. The van der Waals surface area contributed by atoms with Crippen molar-refractivity contribution in [3.8, 4) is 0 Å². The molecule has 1 aliphatic carbocycles. The summed E-state index contributed by atoms with van der Waals surface area (Å²) in [5.74, 6) is 0.283. The van der Waals surface area contributed by atoms with Crippen LogP contribution in [0.4, 0.5) is 5.69 Å². The third-order valence-corrected chi connectivity index (χ3v) is 6.40. The van der Waals surface area contributed by atoms with Crippen LogP contribution < -0.4 is 5.32 Å². The predicted molar refractivity (Wildman–Crippen MR) is 123 cm³/mol. The Morgan fingerprint density at radius 1 is 0.867 bits per heavy atom. The third kappa shape index (κ3) is 2.17. The molecule has 3 heterocycles. The number of nitrogens with zero attached hydrogens (tertiary/aromatic N) is 1. The van der Waals surface area contributed by atoms with Crippen molar-refractivity contribution in [2.75, 3.05) is 5.32 Å². The van der Waals surface area contributed by atoms with Crippen LogP contribution in [0.3, 0.4) is 0 Å². The van der Waals surface area contributed by atoms with E-state index in [1.165, 1.54) is 38.4 Å². The fourth-order valence-corrected chi connectivity index (χ4v) is 4.96. The Balaban J connectivity index is 1.44. The highest BCUT2D eigenvalue weighted by Gasteiger charge is 2.32. The molecule has 3 aromatic carbocycles. The molecular formula is C27H18N2O. The molecule has 7 rings (SSSR count). The molecule has 0 saturated heterocycles. The molecule has 2 aliphatic rings. The maximum atomic E-state index is 6.29. The Morgan fingerprint density at radius 2 is 1.80 bits per heavy atom. The number of fused-ring (bicyclic) bond motifs is 8. The van der Waals surface area contributed by atoms with Gasteiger partial charge in [-0.25, -0.2) is 0 Å². The summed E-state index contributed by atoms with van der Waals surface area (Å²) in [6, 6.07) is 23.6. The molecule has 142 valence electrons. The minimum Gasteiger partial charge on any atom is -0.455 e. The minimum absolute atomic E-state index is 0.274. The monoisotopic (exact) mass is 386 g/mol. The average Bonchev–Trinajstić information content (AvgIpc) is 3.35. The van der Waals surface area contributed by atoms with Crippen LogP contribution in [-0.4, -0.2) is 11.0 Å². The topological polar surface area (TPSA) is 38.1 Å². The molecule has 1 aliphatic heterocycles. The molecule has 2 aromatic heterocycles. The smallest absolute Gasteiger partial charge is 0.143 e. The molecule has 2 atom stereocenters. The molecule has 0 saturated carbocycles. The average molecular weight is 386 g/mol. The maximum Gasteiger partial charge on any atom is 0.143 e. The van der Waals surface area contributed by atoms with Gasteiger partial charge in [0.1, 0.15) is 11.2 Å². The standard InChI is InChI=1S/C27H18N2O/c1-2-7-26-18(5-1)19-10-8-16-14-25-22(15-20(16)27(19)30-26)21-13-17(9-11-24(21)29-25)23-6-3-4-12-28-23/h1-15,21,24,29H. The summed E-state index contributed by atoms with van der Waals surface area (Å²) in [6.07, 6.45) is 8.63. The number of anilines is 1. The van der Waals surface area contributed by atoms with Gasteiger partial charge in [0.05, 0.1) is 11.7 Å². The molecule has 2 unspecified atom stereocenters. The van der Waals surface area contributed by atoms with Gasteiger partial charge in [-0.3, -0.25) is 4.98 Å². The maximum absolute atomic E-state index is 6.29. The highest BCUT2D eigenvalue weighted by atomic mass is 16.3. The minimum atomic E-state index is 0.274. The zero-order chi connectivity index (χ0) is 19.7. The molecule has 30 heavy (non-hydrogen) atoms. The summed E-state index contributed by atoms with van der Waals surface area (Å²) in [4.78, 5) is 4.53. The molecule has 0 amide bonds. The van der Waals surface area contributed by atoms with Crippen LogP contribution in [0, 0.1) is 0 Å².